The topological polar surface area (TPSA) is 9.23 Å². The third kappa shape index (κ3) is 2.58. The molecule has 0 aromatic carbocycles. The Morgan fingerprint density at radius 2 is 2.10 bits per heavy atom. The van der Waals surface area contributed by atoms with Crippen molar-refractivity contribution in [2.75, 3.05) is 6.61 Å². The molecule has 1 rings (SSSR count). The van der Waals surface area contributed by atoms with Crippen molar-refractivity contribution < 1.29 is 4.18 Å². The van der Waals surface area contributed by atoms with Crippen molar-refractivity contribution in [3.63, 3.8) is 0 Å². The van der Waals surface area contributed by atoms with Gasteiger partial charge in [-0.3, -0.25) is 0 Å². The van der Waals surface area contributed by atoms with E-state index < -0.39 is 0 Å². The van der Waals surface area contributed by atoms with Crippen LogP contribution < -0.4 is 0 Å². The zero-order valence-corrected chi connectivity index (χ0v) is 9.20. The monoisotopic (exact) mass is 272 g/mol. The van der Waals surface area contributed by atoms with E-state index in [1.165, 1.54) is 34.9 Å². The molecule has 0 N–H and O–H groups in total. The Balaban J connectivity index is 2.22. The first-order valence-electron chi connectivity index (χ1n) is 3.67. The Morgan fingerprint density at radius 1 is 1.50 bits per heavy atom. The first-order chi connectivity index (χ1) is 4.77. The molecular weight excluding hydrogens is 259 g/mol. The summed E-state index contributed by atoms with van der Waals surface area (Å²) in [6.07, 6.45) is 5.49. The predicted octanol–water partition coefficient (Wildman–Crippen LogP) is 3.58. The molecule has 0 atom stereocenters. The van der Waals surface area contributed by atoms with E-state index in [4.69, 9.17) is 4.18 Å². The smallest absolute Gasteiger partial charge is 0.0677 e. The van der Waals surface area contributed by atoms with E-state index in [-0.39, 0.29) is 0 Å². The van der Waals surface area contributed by atoms with Crippen LogP contribution in [-0.4, -0.2) is 6.61 Å². The Morgan fingerprint density at radius 3 is 2.60 bits per heavy atom. The lowest BCUT2D eigenvalue weighted by Gasteiger charge is -2.21. The van der Waals surface area contributed by atoms with Crippen molar-refractivity contribution in [3.8, 4) is 0 Å². The summed E-state index contributed by atoms with van der Waals surface area (Å²) in [6, 6.07) is 0. The molecule has 0 radical (unpaired) electrons. The standard InChI is InChI=1S/C7H13IOS/c1-7(6-9-10-8)4-2-3-5-7/h2-6H2,1H3. The summed E-state index contributed by atoms with van der Waals surface area (Å²) in [5.41, 5.74) is 0.498. The number of hydrogen-bond donors (Lipinski definition) is 0. The summed E-state index contributed by atoms with van der Waals surface area (Å²) in [6.45, 7) is 3.26. The van der Waals surface area contributed by atoms with Gasteiger partial charge in [-0.25, -0.2) is 0 Å². The second-order valence-electron chi connectivity index (χ2n) is 3.34. The van der Waals surface area contributed by atoms with Crippen molar-refractivity contribution in [1.82, 2.24) is 0 Å². The van der Waals surface area contributed by atoms with Crippen LogP contribution >= 0.6 is 30.4 Å². The van der Waals surface area contributed by atoms with Crippen LogP contribution in [0.1, 0.15) is 32.6 Å². The van der Waals surface area contributed by atoms with Crippen molar-refractivity contribution >= 4 is 30.4 Å². The molecule has 3 heteroatoms. The lowest BCUT2D eigenvalue weighted by molar-refractivity contribution is 0.195. The maximum absolute atomic E-state index is 5.32. The molecule has 10 heavy (non-hydrogen) atoms. The number of hydrogen-bond acceptors (Lipinski definition) is 2. The van der Waals surface area contributed by atoms with Crippen LogP contribution in [0.2, 0.25) is 0 Å². The van der Waals surface area contributed by atoms with Crippen LogP contribution in [0.5, 0.6) is 0 Å². The van der Waals surface area contributed by atoms with Gasteiger partial charge in [0.2, 0.25) is 0 Å². The van der Waals surface area contributed by atoms with Gasteiger partial charge in [0.05, 0.1) is 15.8 Å². The second-order valence-corrected chi connectivity index (χ2v) is 4.78. The van der Waals surface area contributed by atoms with E-state index in [0.29, 0.717) is 5.41 Å². The summed E-state index contributed by atoms with van der Waals surface area (Å²) in [5, 5.41) is 0. The normalized spacial score (nSPS) is 23.4. The highest BCUT2D eigenvalue weighted by Crippen LogP contribution is 2.38. The quantitative estimate of drug-likeness (QED) is 0.573. The molecule has 0 unspecified atom stereocenters. The van der Waals surface area contributed by atoms with Crippen LogP contribution in [0.4, 0.5) is 0 Å². The average Bonchev–Trinajstić information content (AvgIpc) is 2.33. The van der Waals surface area contributed by atoms with Gasteiger partial charge >= 0.3 is 0 Å². The lowest BCUT2D eigenvalue weighted by Crippen LogP contribution is -2.16. The minimum Gasteiger partial charge on any atom is -0.305 e. The Hall–Kier alpha value is 1.04. The van der Waals surface area contributed by atoms with Crippen LogP contribution in [0, 0.1) is 5.41 Å². The first-order valence-corrected chi connectivity index (χ1v) is 6.95. The van der Waals surface area contributed by atoms with Crippen molar-refractivity contribution in [2.45, 2.75) is 32.6 Å². The molecule has 1 fully saturated rings. The highest BCUT2D eigenvalue weighted by Gasteiger charge is 2.28. The van der Waals surface area contributed by atoms with E-state index in [9.17, 15) is 0 Å². The fourth-order valence-electron chi connectivity index (χ4n) is 1.54. The van der Waals surface area contributed by atoms with E-state index in [1.54, 1.807) is 0 Å². The lowest BCUT2D eigenvalue weighted by atomic mass is 9.90. The highest BCUT2D eigenvalue weighted by atomic mass is 127. The molecule has 1 aliphatic carbocycles. The molecule has 0 bridgehead atoms. The zero-order valence-electron chi connectivity index (χ0n) is 6.23. The van der Waals surface area contributed by atoms with Gasteiger partial charge in [-0.2, -0.15) is 0 Å². The molecule has 0 amide bonds. The van der Waals surface area contributed by atoms with Gasteiger partial charge in [-0.15, -0.1) is 0 Å². The molecule has 0 spiro atoms. The highest BCUT2D eigenvalue weighted by molar-refractivity contribution is 14.2. The molecule has 1 aliphatic rings. The summed E-state index contributed by atoms with van der Waals surface area (Å²) in [5.74, 6) is 0. The third-order valence-electron chi connectivity index (χ3n) is 2.26. The molecule has 1 nitrogen and oxygen atoms in total. The number of halogens is 1. The molecule has 1 saturated carbocycles. The minimum absolute atomic E-state index is 0.498. The van der Waals surface area contributed by atoms with Crippen LogP contribution in [-0.2, 0) is 4.18 Å². The van der Waals surface area contributed by atoms with E-state index in [1.807, 2.05) is 0 Å². The molecule has 0 aliphatic heterocycles. The minimum atomic E-state index is 0.498. The molecular formula is C7H13IOS. The number of rotatable bonds is 3. The molecule has 60 valence electrons. The van der Waals surface area contributed by atoms with Crippen molar-refractivity contribution in [1.29, 1.82) is 0 Å². The van der Waals surface area contributed by atoms with Crippen LogP contribution in [0.3, 0.4) is 0 Å². The fraction of sp³-hybridized carbons (Fsp3) is 1.00. The van der Waals surface area contributed by atoms with Crippen LogP contribution in [0.25, 0.3) is 0 Å². The van der Waals surface area contributed by atoms with Gasteiger partial charge in [0.25, 0.3) is 0 Å². The van der Waals surface area contributed by atoms with Crippen LogP contribution in [0.15, 0.2) is 0 Å². The van der Waals surface area contributed by atoms with Crippen molar-refractivity contribution in [2.24, 2.45) is 5.41 Å². The summed E-state index contributed by atoms with van der Waals surface area (Å²) >= 11 is 2.17. The Bertz CT molecular complexity index is 102. The average molecular weight is 272 g/mol. The largest absolute Gasteiger partial charge is 0.305 e. The maximum atomic E-state index is 5.32. The van der Waals surface area contributed by atoms with Gasteiger partial charge in [-0.1, -0.05) is 19.8 Å². The third-order valence-corrected chi connectivity index (χ3v) is 3.23. The van der Waals surface area contributed by atoms with Gasteiger partial charge in [-0.05, 0) is 18.3 Å². The Labute approximate surface area is 79.1 Å². The van der Waals surface area contributed by atoms with Gasteiger partial charge in [0.1, 0.15) is 0 Å². The molecule has 0 aromatic rings. The predicted molar refractivity (Wildman–Crippen MR) is 54.1 cm³/mol. The summed E-state index contributed by atoms with van der Waals surface area (Å²) < 4.78 is 5.32. The second kappa shape index (κ2) is 4.16. The fourth-order valence-corrected chi connectivity index (χ4v) is 2.25. The maximum Gasteiger partial charge on any atom is 0.0677 e. The SMILES string of the molecule is CC1(COSI)CCCC1. The van der Waals surface area contributed by atoms with Gasteiger partial charge in [0.15, 0.2) is 0 Å². The Kier molecular flexibility index (Phi) is 3.80. The van der Waals surface area contributed by atoms with E-state index >= 15 is 0 Å². The zero-order chi connectivity index (χ0) is 7.45. The summed E-state index contributed by atoms with van der Waals surface area (Å²) in [7, 11) is 1.46. The summed E-state index contributed by atoms with van der Waals surface area (Å²) in [4.78, 5) is 0. The van der Waals surface area contributed by atoms with Crippen molar-refractivity contribution in [3.05, 3.63) is 0 Å². The van der Waals surface area contributed by atoms with Gasteiger partial charge in [0, 0.05) is 21.2 Å². The van der Waals surface area contributed by atoms with E-state index in [0.717, 1.165) is 6.61 Å². The first kappa shape index (κ1) is 9.13. The molecule has 0 heterocycles. The van der Waals surface area contributed by atoms with E-state index in [2.05, 4.69) is 28.1 Å². The molecule has 0 aromatic heterocycles. The van der Waals surface area contributed by atoms with Gasteiger partial charge < -0.3 is 4.18 Å². The molecule has 0 saturated heterocycles.